The van der Waals surface area contributed by atoms with Crippen LogP contribution in [0.1, 0.15) is 27.5 Å². The van der Waals surface area contributed by atoms with E-state index in [9.17, 15) is 4.79 Å². The van der Waals surface area contributed by atoms with E-state index in [1.807, 2.05) is 46.8 Å². The van der Waals surface area contributed by atoms with Gasteiger partial charge < -0.3 is 10.2 Å². The van der Waals surface area contributed by atoms with E-state index in [0.29, 0.717) is 11.6 Å². The molecule has 0 bridgehead atoms. The highest BCUT2D eigenvalue weighted by atomic mass is 35.5. The molecule has 21 heavy (non-hydrogen) atoms. The minimum Gasteiger partial charge on any atom is -0.329 e. The minimum absolute atomic E-state index is 0.0317. The number of carbonyl (C=O) groups excluding carboxylic acids is 1. The Labute approximate surface area is 133 Å². The fraction of sp³-hybridized carbons (Fsp3) is 0.312. The molecule has 1 aromatic carbocycles. The third-order valence-corrected chi connectivity index (χ3v) is 4.92. The number of benzene rings is 1. The standard InChI is InChI=1S/C16H17ClN2OS/c1-11-9-21-10-14(11)16(20)19-6-5-18-8-15(19)12-3-2-4-13(17)7-12/h2-4,7,9-10,15,18H,5-6,8H2,1H3. The SMILES string of the molecule is Cc1cscc1C(=O)N1CCNCC1c1cccc(Cl)c1. The van der Waals surface area contributed by atoms with E-state index in [4.69, 9.17) is 11.6 Å². The number of thiophene rings is 1. The van der Waals surface area contributed by atoms with Crippen LogP contribution in [0.2, 0.25) is 5.02 Å². The third-order valence-electron chi connectivity index (χ3n) is 3.82. The maximum Gasteiger partial charge on any atom is 0.255 e. The fourth-order valence-corrected chi connectivity index (χ4v) is 3.71. The summed E-state index contributed by atoms with van der Waals surface area (Å²) in [6.07, 6.45) is 0. The Morgan fingerprint density at radius 2 is 2.29 bits per heavy atom. The quantitative estimate of drug-likeness (QED) is 0.918. The molecule has 0 radical (unpaired) electrons. The van der Waals surface area contributed by atoms with Crippen molar-refractivity contribution in [1.29, 1.82) is 0 Å². The molecular weight excluding hydrogens is 304 g/mol. The first-order chi connectivity index (χ1) is 10.2. The molecule has 1 amide bonds. The van der Waals surface area contributed by atoms with Gasteiger partial charge in [0, 0.05) is 30.0 Å². The maximum absolute atomic E-state index is 12.8. The Balaban J connectivity index is 1.92. The number of hydrogen-bond acceptors (Lipinski definition) is 3. The summed E-state index contributed by atoms with van der Waals surface area (Å²) in [5.74, 6) is 0.111. The molecule has 2 aromatic rings. The topological polar surface area (TPSA) is 32.3 Å². The number of hydrogen-bond donors (Lipinski definition) is 1. The average Bonchev–Trinajstić information content (AvgIpc) is 2.93. The zero-order valence-electron chi connectivity index (χ0n) is 11.8. The normalized spacial score (nSPS) is 18.8. The van der Waals surface area contributed by atoms with Crippen molar-refractivity contribution >= 4 is 28.8 Å². The molecule has 3 rings (SSSR count). The fourth-order valence-electron chi connectivity index (χ4n) is 2.69. The van der Waals surface area contributed by atoms with Gasteiger partial charge in [-0.15, -0.1) is 0 Å². The Kier molecular flexibility index (Phi) is 4.29. The molecule has 0 spiro atoms. The minimum atomic E-state index is 0.0317. The molecule has 1 saturated heterocycles. The van der Waals surface area contributed by atoms with E-state index >= 15 is 0 Å². The van der Waals surface area contributed by atoms with Crippen molar-refractivity contribution in [3.05, 3.63) is 56.7 Å². The van der Waals surface area contributed by atoms with Gasteiger partial charge in [-0.3, -0.25) is 4.79 Å². The van der Waals surface area contributed by atoms with Gasteiger partial charge in [0.05, 0.1) is 11.6 Å². The molecule has 110 valence electrons. The molecule has 1 aliphatic heterocycles. The average molecular weight is 321 g/mol. The summed E-state index contributed by atoms with van der Waals surface area (Å²) in [6.45, 7) is 4.28. The predicted molar refractivity (Wildman–Crippen MR) is 87.2 cm³/mol. The summed E-state index contributed by atoms with van der Waals surface area (Å²) in [4.78, 5) is 14.8. The number of nitrogens with one attached hydrogen (secondary N) is 1. The van der Waals surface area contributed by atoms with Crippen molar-refractivity contribution in [1.82, 2.24) is 10.2 Å². The zero-order chi connectivity index (χ0) is 14.8. The van der Waals surface area contributed by atoms with Gasteiger partial charge in [0.25, 0.3) is 5.91 Å². The molecule has 1 aliphatic rings. The third kappa shape index (κ3) is 2.98. The molecule has 3 nitrogen and oxygen atoms in total. The Hall–Kier alpha value is -1.36. The highest BCUT2D eigenvalue weighted by Gasteiger charge is 2.29. The molecule has 1 atom stereocenters. The van der Waals surface area contributed by atoms with Crippen molar-refractivity contribution in [2.75, 3.05) is 19.6 Å². The van der Waals surface area contributed by atoms with Crippen LogP contribution in [-0.4, -0.2) is 30.4 Å². The molecule has 1 aromatic heterocycles. The maximum atomic E-state index is 12.8. The lowest BCUT2D eigenvalue weighted by atomic mass is 10.0. The molecular formula is C16H17ClN2OS. The van der Waals surface area contributed by atoms with Crippen LogP contribution >= 0.6 is 22.9 Å². The summed E-state index contributed by atoms with van der Waals surface area (Å²) in [7, 11) is 0. The van der Waals surface area contributed by atoms with Crippen molar-refractivity contribution < 1.29 is 4.79 Å². The molecule has 1 unspecified atom stereocenters. The van der Waals surface area contributed by atoms with Crippen LogP contribution in [0.15, 0.2) is 35.0 Å². The number of nitrogens with zero attached hydrogens (tertiary/aromatic N) is 1. The summed E-state index contributed by atoms with van der Waals surface area (Å²) in [6, 6.07) is 7.80. The van der Waals surface area contributed by atoms with Gasteiger partial charge in [0.2, 0.25) is 0 Å². The second kappa shape index (κ2) is 6.18. The van der Waals surface area contributed by atoms with Crippen LogP contribution < -0.4 is 5.32 Å². The lowest BCUT2D eigenvalue weighted by Crippen LogP contribution is -2.48. The number of carbonyl (C=O) groups is 1. The van der Waals surface area contributed by atoms with Crippen molar-refractivity contribution in [3.63, 3.8) is 0 Å². The van der Waals surface area contributed by atoms with Gasteiger partial charge in [-0.25, -0.2) is 0 Å². The first-order valence-electron chi connectivity index (χ1n) is 6.97. The molecule has 5 heteroatoms. The van der Waals surface area contributed by atoms with Crippen molar-refractivity contribution in [2.24, 2.45) is 0 Å². The van der Waals surface area contributed by atoms with E-state index in [-0.39, 0.29) is 11.9 Å². The van der Waals surface area contributed by atoms with E-state index in [1.165, 1.54) is 0 Å². The largest absolute Gasteiger partial charge is 0.329 e. The summed E-state index contributed by atoms with van der Waals surface area (Å²) in [5.41, 5.74) is 2.94. The van der Waals surface area contributed by atoms with Gasteiger partial charge in [0.15, 0.2) is 0 Å². The summed E-state index contributed by atoms with van der Waals surface area (Å²) >= 11 is 7.67. The number of rotatable bonds is 2. The number of amides is 1. The summed E-state index contributed by atoms with van der Waals surface area (Å²) < 4.78 is 0. The van der Waals surface area contributed by atoms with E-state index in [1.54, 1.807) is 11.3 Å². The number of aryl methyl sites for hydroxylation is 1. The van der Waals surface area contributed by atoms with Crippen molar-refractivity contribution in [3.8, 4) is 0 Å². The van der Waals surface area contributed by atoms with Crippen LogP contribution in [0.3, 0.4) is 0 Å². The van der Waals surface area contributed by atoms with Crippen LogP contribution in [0.5, 0.6) is 0 Å². The lowest BCUT2D eigenvalue weighted by molar-refractivity contribution is 0.0634. The zero-order valence-corrected chi connectivity index (χ0v) is 13.4. The Bertz CT molecular complexity index is 655. The molecule has 0 aliphatic carbocycles. The lowest BCUT2D eigenvalue weighted by Gasteiger charge is -2.36. The van der Waals surface area contributed by atoms with E-state index in [2.05, 4.69) is 5.32 Å². The van der Waals surface area contributed by atoms with Crippen LogP contribution in [0, 0.1) is 6.92 Å². The van der Waals surface area contributed by atoms with E-state index in [0.717, 1.165) is 29.8 Å². The Morgan fingerprint density at radius 1 is 1.43 bits per heavy atom. The van der Waals surface area contributed by atoms with Crippen molar-refractivity contribution in [2.45, 2.75) is 13.0 Å². The van der Waals surface area contributed by atoms with Crippen LogP contribution in [0.4, 0.5) is 0 Å². The van der Waals surface area contributed by atoms with E-state index < -0.39 is 0 Å². The highest BCUT2D eigenvalue weighted by molar-refractivity contribution is 7.08. The molecule has 1 N–H and O–H groups in total. The first-order valence-corrected chi connectivity index (χ1v) is 8.29. The predicted octanol–water partition coefficient (Wildman–Crippen LogP) is 3.50. The second-order valence-corrected chi connectivity index (χ2v) is 6.42. The van der Waals surface area contributed by atoms with Crippen LogP contribution in [-0.2, 0) is 0 Å². The van der Waals surface area contributed by atoms with Gasteiger partial charge in [0.1, 0.15) is 0 Å². The molecule has 0 saturated carbocycles. The van der Waals surface area contributed by atoms with Gasteiger partial charge in [-0.1, -0.05) is 23.7 Å². The smallest absolute Gasteiger partial charge is 0.255 e. The first kappa shape index (κ1) is 14.6. The van der Waals surface area contributed by atoms with Crippen LogP contribution in [0.25, 0.3) is 0 Å². The second-order valence-electron chi connectivity index (χ2n) is 5.24. The summed E-state index contributed by atoms with van der Waals surface area (Å²) in [5, 5.41) is 8.03. The van der Waals surface area contributed by atoms with Gasteiger partial charge >= 0.3 is 0 Å². The number of halogens is 1. The highest BCUT2D eigenvalue weighted by Crippen LogP contribution is 2.27. The number of piperazine rings is 1. The van der Waals surface area contributed by atoms with Gasteiger partial charge in [-0.05, 0) is 35.6 Å². The monoisotopic (exact) mass is 320 g/mol. The molecule has 1 fully saturated rings. The Morgan fingerprint density at radius 3 is 3.00 bits per heavy atom. The molecule has 2 heterocycles. The van der Waals surface area contributed by atoms with Gasteiger partial charge in [-0.2, -0.15) is 11.3 Å².